The Morgan fingerprint density at radius 3 is 1.08 bits per heavy atom. The highest BCUT2D eigenvalue weighted by molar-refractivity contribution is 7.04. The smallest absolute Gasteiger partial charge is 0.114 e. The second kappa shape index (κ2) is 35.5. The van der Waals surface area contributed by atoms with Crippen LogP contribution in [0.15, 0.2) is 328 Å². The van der Waals surface area contributed by atoms with Crippen LogP contribution in [0.4, 0.5) is 22.7 Å². The second-order valence-electron chi connectivity index (χ2n) is 32.4. The van der Waals surface area contributed by atoms with Crippen LogP contribution < -0.4 is 20.2 Å². The maximum absolute atomic E-state index is 3.19. The maximum Gasteiger partial charge on any atom is 0.114 e. The highest BCUT2D eigenvalue weighted by Gasteiger charge is 2.40. The molecule has 0 aliphatic carbocycles. The highest BCUT2D eigenvalue weighted by atomic mass is 28.3. The van der Waals surface area contributed by atoms with Gasteiger partial charge in [-0.1, -0.05) is 333 Å². The van der Waals surface area contributed by atoms with Crippen LogP contribution in [0.3, 0.4) is 0 Å². The van der Waals surface area contributed by atoms with Crippen LogP contribution in [0.25, 0.3) is 34.9 Å². The van der Waals surface area contributed by atoms with E-state index in [1.54, 1.807) is 10.4 Å². The van der Waals surface area contributed by atoms with Crippen LogP contribution in [-0.4, -0.2) is 19.2 Å². The van der Waals surface area contributed by atoms with Crippen molar-refractivity contribution in [1.29, 1.82) is 0 Å². The maximum atomic E-state index is 3.19. The first-order valence-corrected chi connectivity index (χ1v) is 40.0. The number of benzene rings is 12. The van der Waals surface area contributed by atoms with Crippen molar-refractivity contribution < 1.29 is 0 Å². The predicted molar refractivity (Wildman–Crippen MR) is 462 cm³/mol. The summed E-state index contributed by atoms with van der Waals surface area (Å²) in [5.74, 6) is 12.7. The number of anilines is 4. The Bertz CT molecular complexity index is 4800. The largest absolute Gasteiger partial charge is 0.336 e. The van der Waals surface area contributed by atoms with Gasteiger partial charge in [-0.3, -0.25) is 0 Å². The third kappa shape index (κ3) is 22.8. The van der Waals surface area contributed by atoms with E-state index >= 15 is 0 Å². The summed E-state index contributed by atoms with van der Waals surface area (Å²) in [4.78, 5) is 4.76. The molecule has 0 spiro atoms. The molecule has 0 aromatic heterocycles. The first-order valence-electron chi connectivity index (χ1n) is 37.0. The monoisotopic (exact) mass is 1390 g/mol. The Balaban J connectivity index is 0.000000157. The summed E-state index contributed by atoms with van der Waals surface area (Å²) in [6.07, 6.45) is 6.58. The fourth-order valence-corrected chi connectivity index (χ4v) is 16.6. The van der Waals surface area contributed by atoms with Gasteiger partial charge in [-0.2, -0.15) is 0 Å². The van der Waals surface area contributed by atoms with E-state index in [-0.39, 0.29) is 27.3 Å². The fourth-order valence-electron chi connectivity index (χ4n) is 12.9. The van der Waals surface area contributed by atoms with E-state index < -0.39 is 8.07 Å². The van der Waals surface area contributed by atoms with Gasteiger partial charge in [-0.05, 0) is 230 Å². The van der Waals surface area contributed by atoms with Crippen LogP contribution in [-0.2, 0) is 10.8 Å². The lowest BCUT2D eigenvalue weighted by Crippen LogP contribution is -2.52. The van der Waals surface area contributed by atoms with Crippen LogP contribution in [0.2, 0.25) is 13.1 Å². The molecule has 0 bridgehead atoms. The van der Waals surface area contributed by atoms with Crippen molar-refractivity contribution in [3.63, 3.8) is 0 Å². The van der Waals surface area contributed by atoms with Gasteiger partial charge in [0.05, 0.1) is 0 Å². The molecule has 1 aliphatic heterocycles. The zero-order valence-electron chi connectivity index (χ0n) is 65.3. The first-order chi connectivity index (χ1) is 50.0. The average Bonchev–Trinajstić information content (AvgIpc) is 1.57. The molecular formula is C102H108N2Si. The topological polar surface area (TPSA) is 6.48 Å². The Labute approximate surface area is 633 Å². The summed E-state index contributed by atoms with van der Waals surface area (Å²) in [5, 5.41) is 3.26. The van der Waals surface area contributed by atoms with E-state index in [0.717, 1.165) is 16.7 Å². The Kier molecular flexibility index (Phi) is 26.4. The van der Waals surface area contributed by atoms with E-state index in [4.69, 9.17) is 0 Å². The molecule has 1 aliphatic rings. The van der Waals surface area contributed by atoms with Gasteiger partial charge in [0.1, 0.15) is 8.07 Å². The number of nitrogens with zero attached hydrogens (tertiary/aromatic N) is 2. The first kappa shape index (κ1) is 78.2. The van der Waals surface area contributed by atoms with Crippen LogP contribution in [0.1, 0.15) is 159 Å². The SMILES string of the molecule is CC(C)(C)C#Cc1ccccc1.CC(C)(C)N(c1ccccc1)c1ccc(/C=C/c2ccccc2)cc1.CC(C)(C)N(c1ccccc1)c1ccc(C=C(c2ccccc2)c2ccccc2)cc1.CC(C)(C)c1ccc(C#Cc2ccccc2)cc1.CC(C)(C)c1cccc2c1[Si](C)(C)c1ccccc1-2. The lowest BCUT2D eigenvalue weighted by Gasteiger charge is -2.38. The highest BCUT2D eigenvalue weighted by Crippen LogP contribution is 2.37. The van der Waals surface area contributed by atoms with Gasteiger partial charge in [0.2, 0.25) is 0 Å². The summed E-state index contributed by atoms with van der Waals surface area (Å²) in [6, 6.07) is 115. The molecule has 0 atom stereocenters. The van der Waals surface area contributed by atoms with Crippen LogP contribution in [0.5, 0.6) is 0 Å². The number of hydrogen-bond donors (Lipinski definition) is 0. The van der Waals surface area contributed by atoms with E-state index in [0.29, 0.717) is 0 Å². The van der Waals surface area contributed by atoms with Crippen molar-refractivity contribution in [2.45, 2.75) is 139 Å². The lowest BCUT2D eigenvalue weighted by atomic mass is 9.85. The molecule has 0 fully saturated rings. The third-order valence-corrected chi connectivity index (χ3v) is 21.6. The molecular weight excluding hydrogens is 1280 g/mol. The van der Waals surface area contributed by atoms with Gasteiger partial charge in [0.25, 0.3) is 0 Å². The van der Waals surface area contributed by atoms with Crippen molar-refractivity contribution in [2.24, 2.45) is 5.41 Å². The average molecular weight is 1390 g/mol. The predicted octanol–water partition coefficient (Wildman–Crippen LogP) is 26.3. The summed E-state index contributed by atoms with van der Waals surface area (Å²) < 4.78 is 0. The number of fused-ring (bicyclic) bond motifs is 3. The van der Waals surface area contributed by atoms with Crippen molar-refractivity contribution in [3.8, 4) is 34.8 Å². The van der Waals surface area contributed by atoms with Crippen molar-refractivity contribution in [2.75, 3.05) is 9.80 Å². The molecule has 0 saturated heterocycles. The van der Waals surface area contributed by atoms with E-state index in [1.165, 1.54) is 78.4 Å². The minimum atomic E-state index is -1.54. The minimum absolute atomic E-state index is 0.00273. The van der Waals surface area contributed by atoms with Gasteiger partial charge >= 0.3 is 0 Å². The molecule has 530 valence electrons. The van der Waals surface area contributed by atoms with Crippen molar-refractivity contribution in [3.05, 3.63) is 383 Å². The molecule has 2 nitrogen and oxygen atoms in total. The molecule has 0 amide bonds. The molecule has 13 rings (SSSR count). The molecule has 0 radical (unpaired) electrons. The van der Waals surface area contributed by atoms with Gasteiger partial charge in [0, 0.05) is 55.9 Å². The Morgan fingerprint density at radius 1 is 0.305 bits per heavy atom. The molecule has 3 heteroatoms. The van der Waals surface area contributed by atoms with Gasteiger partial charge in [-0.15, -0.1) is 0 Å². The van der Waals surface area contributed by atoms with Crippen LogP contribution >= 0.6 is 0 Å². The van der Waals surface area contributed by atoms with Crippen LogP contribution in [0, 0.1) is 29.1 Å². The molecule has 0 N–H and O–H groups in total. The third-order valence-electron chi connectivity index (χ3n) is 18.0. The fraction of sp³-hybridized carbons (Fsp3) is 0.216. The number of para-hydroxylation sites is 2. The van der Waals surface area contributed by atoms with E-state index in [1.807, 2.05) is 66.7 Å². The Morgan fingerprint density at radius 2 is 0.657 bits per heavy atom. The summed E-state index contributed by atoms with van der Waals surface area (Å²) in [6.45, 7) is 38.4. The van der Waals surface area contributed by atoms with E-state index in [9.17, 15) is 0 Å². The molecule has 0 unspecified atom stereocenters. The minimum Gasteiger partial charge on any atom is -0.336 e. The van der Waals surface area contributed by atoms with Crippen molar-refractivity contribution >= 4 is 65.0 Å². The standard InChI is InChI=1S/C30H29N.C24H25N.C18H22Si.C18H18.C12H14/c1-30(2,3)31(27-17-11-6-12-18-27)28-21-19-24(20-22-28)23-29(25-13-7-4-8-14-25)26-15-9-5-10-16-26;1-24(2,3)25(22-12-8-5-9-13-22)23-18-16-21(17-19-23)15-14-20-10-6-4-7-11-20;1-18(2,3)15-11-8-10-14-13-9-6-7-12-16(13)19(4,5)17(14)15;1-18(2,3)17-13-11-16(12-14-17)10-9-15-7-5-4-6-8-15;1-12(2,3)10-9-11-7-5-4-6-8-11/h4-23H,1-3H3;4-19H,1-3H3;6-12H,1-5H3;4-8,11-14H,1-3H3;4-8H,1-3H3/b;15-14+;;;. The zero-order valence-corrected chi connectivity index (χ0v) is 66.3. The zero-order chi connectivity index (χ0) is 75.3. The summed E-state index contributed by atoms with van der Waals surface area (Å²) in [7, 11) is -1.54. The lowest BCUT2D eigenvalue weighted by molar-refractivity contribution is 0.560. The molecule has 105 heavy (non-hydrogen) atoms. The Hall–Kier alpha value is -10.9. The van der Waals surface area contributed by atoms with Gasteiger partial charge in [0.15, 0.2) is 0 Å². The number of hydrogen-bond acceptors (Lipinski definition) is 2. The second-order valence-corrected chi connectivity index (χ2v) is 36.6. The summed E-state index contributed by atoms with van der Waals surface area (Å²) >= 11 is 0. The molecule has 1 heterocycles. The van der Waals surface area contributed by atoms with Gasteiger partial charge < -0.3 is 9.80 Å². The van der Waals surface area contributed by atoms with E-state index in [2.05, 4.69) is 430 Å². The normalized spacial score (nSPS) is 11.9. The molecule has 0 saturated carbocycles. The quantitative estimate of drug-likeness (QED) is 0.0807. The van der Waals surface area contributed by atoms with Crippen molar-refractivity contribution in [1.82, 2.24) is 0 Å². The number of rotatable bonds is 9. The molecule has 12 aromatic rings. The molecule has 12 aromatic carbocycles. The summed E-state index contributed by atoms with van der Waals surface area (Å²) in [5.41, 5.74) is 21.6. The van der Waals surface area contributed by atoms with Gasteiger partial charge in [-0.25, -0.2) is 0 Å².